The third-order valence-corrected chi connectivity index (χ3v) is 3.60. The van der Waals surface area contributed by atoms with E-state index in [0.717, 1.165) is 11.6 Å². The maximum Gasteiger partial charge on any atom is 0.185 e. The highest BCUT2D eigenvalue weighted by Gasteiger charge is 2.14. The summed E-state index contributed by atoms with van der Waals surface area (Å²) in [5, 5.41) is 3.46. The molecule has 0 aromatic heterocycles. The molecule has 3 nitrogen and oxygen atoms in total. The lowest BCUT2D eigenvalue weighted by Gasteiger charge is -2.22. The first-order chi connectivity index (χ1) is 8.29. The molecule has 1 aromatic rings. The Bertz CT molecular complexity index is 369. The molecule has 1 saturated carbocycles. The summed E-state index contributed by atoms with van der Waals surface area (Å²) in [7, 11) is 0. The molecule has 1 aliphatic rings. The molecule has 0 aliphatic heterocycles. The number of nitrogens with two attached hydrogens (primary N) is 1. The number of rotatable bonds is 2. The largest absolute Gasteiger partial charge is 0.332 e. The maximum atomic E-state index is 5.21. The van der Waals surface area contributed by atoms with Crippen molar-refractivity contribution in [2.45, 2.75) is 38.0 Å². The average Bonchev–Trinajstić information content (AvgIpc) is 2.40. The van der Waals surface area contributed by atoms with Gasteiger partial charge >= 0.3 is 0 Å². The normalized spacial score (nSPS) is 16.5. The average molecular weight is 249 g/mol. The topological polar surface area (TPSA) is 50.1 Å². The van der Waals surface area contributed by atoms with Gasteiger partial charge in [-0.3, -0.25) is 0 Å². The Morgan fingerprint density at radius 1 is 1.12 bits per heavy atom. The van der Waals surface area contributed by atoms with E-state index in [-0.39, 0.29) is 0 Å². The van der Waals surface area contributed by atoms with Crippen LogP contribution in [0.15, 0.2) is 24.3 Å². The van der Waals surface area contributed by atoms with Crippen LogP contribution in [0.3, 0.4) is 0 Å². The van der Waals surface area contributed by atoms with Gasteiger partial charge < -0.3 is 10.7 Å². The number of anilines is 1. The fourth-order valence-corrected chi connectivity index (χ4v) is 2.56. The van der Waals surface area contributed by atoms with Gasteiger partial charge in [0.25, 0.3) is 0 Å². The van der Waals surface area contributed by atoms with Crippen molar-refractivity contribution in [1.82, 2.24) is 5.43 Å². The summed E-state index contributed by atoms with van der Waals surface area (Å²) in [6, 6.07) is 8.51. The molecule has 2 rings (SSSR count). The van der Waals surface area contributed by atoms with Crippen molar-refractivity contribution in [1.29, 1.82) is 0 Å². The molecule has 0 radical (unpaired) electrons. The molecule has 0 atom stereocenters. The van der Waals surface area contributed by atoms with E-state index >= 15 is 0 Å². The van der Waals surface area contributed by atoms with Crippen molar-refractivity contribution in [3.63, 3.8) is 0 Å². The fourth-order valence-electron chi connectivity index (χ4n) is 2.44. The van der Waals surface area contributed by atoms with Gasteiger partial charge in [-0.15, -0.1) is 0 Å². The summed E-state index contributed by atoms with van der Waals surface area (Å²) in [6.45, 7) is 0. The van der Waals surface area contributed by atoms with Crippen LogP contribution in [0.1, 0.15) is 43.6 Å². The summed E-state index contributed by atoms with van der Waals surface area (Å²) in [6.07, 6.45) is 6.79. The molecule has 0 saturated heterocycles. The summed E-state index contributed by atoms with van der Waals surface area (Å²) < 4.78 is 0. The maximum absolute atomic E-state index is 5.21. The quantitative estimate of drug-likeness (QED) is 0.428. The molecule has 92 valence electrons. The lowest BCUT2D eigenvalue weighted by Crippen LogP contribution is -2.34. The van der Waals surface area contributed by atoms with Crippen LogP contribution in [-0.4, -0.2) is 5.11 Å². The Balaban J connectivity index is 1.99. The van der Waals surface area contributed by atoms with Gasteiger partial charge in [0.15, 0.2) is 5.11 Å². The van der Waals surface area contributed by atoms with Crippen LogP contribution >= 0.6 is 12.2 Å². The van der Waals surface area contributed by atoms with Gasteiger partial charge in [-0.05, 0) is 48.7 Å². The van der Waals surface area contributed by atoms with Crippen LogP contribution in [-0.2, 0) is 0 Å². The van der Waals surface area contributed by atoms with Crippen LogP contribution in [0.5, 0.6) is 0 Å². The minimum absolute atomic E-state index is 0.440. The molecule has 1 fully saturated rings. The van der Waals surface area contributed by atoms with Gasteiger partial charge in [-0.1, -0.05) is 31.4 Å². The predicted molar refractivity (Wildman–Crippen MR) is 75.8 cm³/mol. The Labute approximate surface area is 108 Å². The SMILES string of the molecule is NNC(=S)Nc1ccc(C2CCCCC2)cc1. The summed E-state index contributed by atoms with van der Waals surface area (Å²) >= 11 is 4.95. The number of hydrogen-bond acceptors (Lipinski definition) is 2. The van der Waals surface area contributed by atoms with Crippen molar-refractivity contribution in [3.05, 3.63) is 29.8 Å². The zero-order valence-corrected chi connectivity index (χ0v) is 10.7. The first-order valence-corrected chi connectivity index (χ1v) is 6.58. The molecule has 4 heteroatoms. The molecular formula is C13H19N3S. The lowest BCUT2D eigenvalue weighted by atomic mass is 9.84. The van der Waals surface area contributed by atoms with Crippen LogP contribution in [0.2, 0.25) is 0 Å². The zero-order chi connectivity index (χ0) is 12.1. The lowest BCUT2D eigenvalue weighted by molar-refractivity contribution is 0.443. The summed E-state index contributed by atoms with van der Waals surface area (Å²) in [5.41, 5.74) is 4.84. The third kappa shape index (κ3) is 3.41. The van der Waals surface area contributed by atoms with E-state index in [1.165, 1.54) is 37.7 Å². The van der Waals surface area contributed by atoms with Gasteiger partial charge in [0.05, 0.1) is 0 Å². The number of benzene rings is 1. The van der Waals surface area contributed by atoms with Crippen LogP contribution in [0, 0.1) is 0 Å². The Hall–Kier alpha value is -1.13. The number of nitrogens with one attached hydrogen (secondary N) is 2. The van der Waals surface area contributed by atoms with E-state index in [1.807, 2.05) is 0 Å². The second-order valence-electron chi connectivity index (χ2n) is 4.56. The molecule has 0 heterocycles. The summed E-state index contributed by atoms with van der Waals surface area (Å²) in [4.78, 5) is 0. The van der Waals surface area contributed by atoms with Crippen molar-refractivity contribution in [2.75, 3.05) is 5.32 Å². The van der Waals surface area contributed by atoms with Crippen LogP contribution in [0.4, 0.5) is 5.69 Å². The Morgan fingerprint density at radius 3 is 2.35 bits per heavy atom. The second kappa shape index (κ2) is 5.98. The van der Waals surface area contributed by atoms with E-state index in [0.29, 0.717) is 5.11 Å². The number of hydrogen-bond donors (Lipinski definition) is 3. The van der Waals surface area contributed by atoms with Gasteiger partial charge in [0.2, 0.25) is 0 Å². The van der Waals surface area contributed by atoms with Gasteiger partial charge in [0, 0.05) is 5.69 Å². The Kier molecular flexibility index (Phi) is 4.34. The first-order valence-electron chi connectivity index (χ1n) is 6.17. The second-order valence-corrected chi connectivity index (χ2v) is 4.96. The Morgan fingerprint density at radius 2 is 1.76 bits per heavy atom. The molecule has 0 bridgehead atoms. The fraction of sp³-hybridized carbons (Fsp3) is 0.462. The predicted octanol–water partition coefficient (Wildman–Crippen LogP) is 2.89. The minimum Gasteiger partial charge on any atom is -0.332 e. The van der Waals surface area contributed by atoms with Crippen molar-refractivity contribution in [2.24, 2.45) is 5.84 Å². The first kappa shape index (κ1) is 12.3. The van der Waals surface area contributed by atoms with E-state index in [1.54, 1.807) is 0 Å². The van der Waals surface area contributed by atoms with Crippen LogP contribution in [0.25, 0.3) is 0 Å². The zero-order valence-electron chi connectivity index (χ0n) is 9.91. The molecule has 4 N–H and O–H groups in total. The van der Waals surface area contributed by atoms with E-state index < -0.39 is 0 Å². The minimum atomic E-state index is 0.440. The van der Waals surface area contributed by atoms with E-state index in [4.69, 9.17) is 18.1 Å². The highest BCUT2D eigenvalue weighted by atomic mass is 32.1. The van der Waals surface area contributed by atoms with Crippen molar-refractivity contribution in [3.8, 4) is 0 Å². The standard InChI is InChI=1S/C13H19N3S/c14-16-13(17)15-12-8-6-11(7-9-12)10-4-2-1-3-5-10/h6-10H,1-5,14H2,(H2,15,16,17). The molecule has 17 heavy (non-hydrogen) atoms. The van der Waals surface area contributed by atoms with Crippen LogP contribution < -0.4 is 16.6 Å². The molecule has 0 unspecified atom stereocenters. The highest BCUT2D eigenvalue weighted by Crippen LogP contribution is 2.32. The molecule has 1 aromatic carbocycles. The van der Waals surface area contributed by atoms with E-state index in [2.05, 4.69) is 35.0 Å². The smallest absolute Gasteiger partial charge is 0.185 e. The highest BCUT2D eigenvalue weighted by molar-refractivity contribution is 7.80. The molecule has 0 amide bonds. The third-order valence-electron chi connectivity index (χ3n) is 3.38. The van der Waals surface area contributed by atoms with E-state index in [9.17, 15) is 0 Å². The van der Waals surface area contributed by atoms with Gasteiger partial charge in [0.1, 0.15) is 0 Å². The number of thiocarbonyl (C=S) groups is 1. The number of hydrazine groups is 1. The van der Waals surface area contributed by atoms with Crippen molar-refractivity contribution >= 4 is 23.0 Å². The van der Waals surface area contributed by atoms with Gasteiger partial charge in [-0.2, -0.15) is 0 Å². The molecule has 1 aliphatic carbocycles. The summed E-state index contributed by atoms with van der Waals surface area (Å²) in [5.74, 6) is 5.96. The molecular weight excluding hydrogens is 230 g/mol. The monoisotopic (exact) mass is 249 g/mol. The van der Waals surface area contributed by atoms with Crippen molar-refractivity contribution < 1.29 is 0 Å². The van der Waals surface area contributed by atoms with Gasteiger partial charge in [-0.25, -0.2) is 5.84 Å². The molecule has 0 spiro atoms.